The van der Waals surface area contributed by atoms with E-state index in [1.807, 2.05) is 36.4 Å². The van der Waals surface area contributed by atoms with Crippen molar-refractivity contribution in [2.75, 3.05) is 30.0 Å². The number of urea groups is 1. The third kappa shape index (κ3) is 4.27. The number of rotatable bonds is 5. The number of hydrogen-bond donors (Lipinski definition) is 4. The molecule has 36 heavy (non-hydrogen) atoms. The number of carbonyl (C=O) groups is 2. The first-order chi connectivity index (χ1) is 17.6. The molecule has 0 aliphatic carbocycles. The number of terminal acetylenes is 1. The number of thioether (sulfide) groups is 1. The van der Waals surface area contributed by atoms with Gasteiger partial charge in [-0.05, 0) is 61.8 Å². The number of anilines is 2. The molecule has 9 heteroatoms. The zero-order chi connectivity index (χ0) is 24.6. The van der Waals surface area contributed by atoms with E-state index in [4.69, 9.17) is 6.42 Å². The van der Waals surface area contributed by atoms with Crippen molar-refractivity contribution in [3.63, 3.8) is 0 Å². The maximum atomic E-state index is 13.3. The second-order valence-corrected chi connectivity index (χ2v) is 10.6. The molecule has 0 spiro atoms. The van der Waals surface area contributed by atoms with Crippen LogP contribution in [0.5, 0.6) is 0 Å². The number of carbonyl (C=O) groups excluding carboxylic acids is 2. The van der Waals surface area contributed by atoms with E-state index in [1.165, 1.54) is 30.2 Å². The average molecular weight is 501 g/mol. The van der Waals surface area contributed by atoms with E-state index < -0.39 is 0 Å². The van der Waals surface area contributed by atoms with Crippen molar-refractivity contribution >= 4 is 35.1 Å². The number of amides is 3. The van der Waals surface area contributed by atoms with E-state index in [9.17, 15) is 9.59 Å². The third-order valence-electron chi connectivity index (χ3n) is 7.16. The van der Waals surface area contributed by atoms with Gasteiger partial charge in [-0.1, -0.05) is 35.9 Å². The van der Waals surface area contributed by atoms with Gasteiger partial charge in [-0.15, -0.1) is 6.42 Å². The molecule has 6 rings (SSSR count). The lowest BCUT2D eigenvalue weighted by molar-refractivity contribution is -0.112. The van der Waals surface area contributed by atoms with E-state index >= 15 is 0 Å². The van der Waals surface area contributed by atoms with Gasteiger partial charge in [0.25, 0.3) is 5.91 Å². The average Bonchev–Trinajstić information content (AvgIpc) is 3.54. The Balaban J connectivity index is 1.21. The molecule has 0 aromatic heterocycles. The fourth-order valence-electron chi connectivity index (χ4n) is 5.42. The number of hydrogen-bond acceptors (Lipinski definition) is 6. The van der Waals surface area contributed by atoms with Crippen LogP contribution in [0.15, 0.2) is 59.1 Å². The fraction of sp³-hybridized carbons (Fsp3) is 0.333. The van der Waals surface area contributed by atoms with E-state index in [0.29, 0.717) is 22.8 Å². The van der Waals surface area contributed by atoms with Gasteiger partial charge < -0.3 is 10.6 Å². The lowest BCUT2D eigenvalue weighted by Crippen LogP contribution is -2.68. The molecular weight excluding hydrogens is 472 g/mol. The van der Waals surface area contributed by atoms with Crippen molar-refractivity contribution in [3.8, 4) is 12.3 Å². The highest BCUT2D eigenvalue weighted by Crippen LogP contribution is 2.46. The SMILES string of the molecule is C#Cc1cccc(N2C(=O)NC3=C(C(=O)Nc4ccc(CN5CCCC5)cc4)SC4NCNC2C34)c1. The third-order valence-corrected chi connectivity index (χ3v) is 8.51. The summed E-state index contributed by atoms with van der Waals surface area (Å²) >= 11 is 1.47. The lowest BCUT2D eigenvalue weighted by atomic mass is 9.95. The van der Waals surface area contributed by atoms with E-state index in [1.54, 1.807) is 4.90 Å². The van der Waals surface area contributed by atoms with Gasteiger partial charge >= 0.3 is 6.03 Å². The molecule has 2 aromatic rings. The molecule has 4 N–H and O–H groups in total. The van der Waals surface area contributed by atoms with Crippen molar-refractivity contribution in [2.45, 2.75) is 30.9 Å². The number of likely N-dealkylation sites (tertiary alicyclic amines) is 1. The van der Waals surface area contributed by atoms with Gasteiger partial charge in [0.05, 0.1) is 16.2 Å². The number of nitrogens with zero attached hydrogens (tertiary/aromatic N) is 2. The van der Waals surface area contributed by atoms with Gasteiger partial charge in [0, 0.05) is 35.8 Å². The molecule has 184 valence electrons. The summed E-state index contributed by atoms with van der Waals surface area (Å²) in [6.07, 6.45) is 7.81. The minimum absolute atomic E-state index is 0.0336. The Hall–Kier alpha value is -3.29. The quantitative estimate of drug-likeness (QED) is 0.473. The Kier molecular flexibility index (Phi) is 6.19. The standard InChI is InChI=1S/C27H28N6O2S/c1-2-17-6-5-7-20(14-17)33-24-21-22(31-27(33)35)23(36-26(21)29-16-28-24)25(34)30-19-10-8-18(9-11-19)15-32-12-3-4-13-32/h1,5-11,14,21,24,26,28-29H,3-4,12-13,15-16H2,(H,30,34)(H,31,35). The molecule has 0 radical (unpaired) electrons. The Morgan fingerprint density at radius 1 is 1.14 bits per heavy atom. The minimum atomic E-state index is -0.296. The molecule has 3 fully saturated rings. The predicted octanol–water partition coefficient (Wildman–Crippen LogP) is 2.81. The van der Waals surface area contributed by atoms with Crippen LogP contribution in [0.1, 0.15) is 24.0 Å². The van der Waals surface area contributed by atoms with E-state index in [0.717, 1.165) is 31.0 Å². The zero-order valence-electron chi connectivity index (χ0n) is 19.8. The molecule has 2 aromatic carbocycles. The highest BCUT2D eigenvalue weighted by Gasteiger charge is 2.51. The number of nitrogens with one attached hydrogen (secondary N) is 4. The normalized spacial score (nSPS) is 25.4. The summed E-state index contributed by atoms with van der Waals surface area (Å²) in [7, 11) is 0. The van der Waals surface area contributed by atoms with Gasteiger partial charge in [0.2, 0.25) is 0 Å². The Labute approximate surface area is 214 Å². The van der Waals surface area contributed by atoms with Gasteiger partial charge in [-0.2, -0.15) is 0 Å². The van der Waals surface area contributed by atoms with Gasteiger partial charge in [0.15, 0.2) is 0 Å². The fourth-order valence-corrected chi connectivity index (χ4v) is 6.75. The van der Waals surface area contributed by atoms with Crippen LogP contribution < -0.4 is 26.2 Å². The Bertz CT molecular complexity index is 1260. The molecular formula is C27H28N6O2S. The van der Waals surface area contributed by atoms with Crippen molar-refractivity contribution < 1.29 is 9.59 Å². The van der Waals surface area contributed by atoms with Crippen LogP contribution in [-0.4, -0.2) is 48.1 Å². The molecule has 3 unspecified atom stereocenters. The molecule has 3 atom stereocenters. The minimum Gasteiger partial charge on any atom is -0.321 e. The van der Waals surface area contributed by atoms with Crippen LogP contribution >= 0.6 is 11.8 Å². The van der Waals surface area contributed by atoms with Crippen molar-refractivity contribution in [3.05, 3.63) is 70.3 Å². The summed E-state index contributed by atoms with van der Waals surface area (Å²) in [5.41, 5.74) is 4.07. The van der Waals surface area contributed by atoms with Crippen molar-refractivity contribution in [1.82, 2.24) is 20.9 Å². The summed E-state index contributed by atoms with van der Waals surface area (Å²) < 4.78 is 0. The molecule has 0 bridgehead atoms. The van der Waals surface area contributed by atoms with Crippen LogP contribution in [0.2, 0.25) is 0 Å². The van der Waals surface area contributed by atoms with Crippen molar-refractivity contribution in [2.24, 2.45) is 5.92 Å². The van der Waals surface area contributed by atoms with E-state index in [-0.39, 0.29) is 29.4 Å². The molecule has 8 nitrogen and oxygen atoms in total. The lowest BCUT2D eigenvalue weighted by Gasteiger charge is -2.46. The molecule has 4 aliphatic heterocycles. The van der Waals surface area contributed by atoms with Gasteiger partial charge in [0.1, 0.15) is 6.17 Å². The first kappa shape index (κ1) is 23.1. The largest absolute Gasteiger partial charge is 0.327 e. The van der Waals surface area contributed by atoms with Crippen LogP contribution in [0, 0.1) is 18.3 Å². The van der Waals surface area contributed by atoms with Crippen LogP contribution in [0.25, 0.3) is 0 Å². The molecule has 4 aliphatic rings. The summed E-state index contributed by atoms with van der Waals surface area (Å²) in [4.78, 5) is 31.3. The van der Waals surface area contributed by atoms with Crippen LogP contribution in [-0.2, 0) is 11.3 Å². The smallest absolute Gasteiger partial charge is 0.321 e. The second kappa shape index (κ2) is 9.64. The summed E-state index contributed by atoms with van der Waals surface area (Å²) in [6.45, 7) is 3.77. The van der Waals surface area contributed by atoms with Gasteiger partial charge in [-0.3, -0.25) is 25.2 Å². The maximum absolute atomic E-state index is 13.3. The highest BCUT2D eigenvalue weighted by molar-refractivity contribution is 8.04. The van der Waals surface area contributed by atoms with Gasteiger partial charge in [-0.25, -0.2) is 4.79 Å². The molecule has 0 saturated carbocycles. The molecule has 4 heterocycles. The monoisotopic (exact) mass is 500 g/mol. The van der Waals surface area contributed by atoms with Crippen LogP contribution in [0.4, 0.5) is 16.2 Å². The van der Waals surface area contributed by atoms with E-state index in [2.05, 4.69) is 44.2 Å². The second-order valence-electron chi connectivity index (χ2n) is 9.47. The topological polar surface area (TPSA) is 88.7 Å². The predicted molar refractivity (Wildman–Crippen MR) is 142 cm³/mol. The van der Waals surface area contributed by atoms with Crippen LogP contribution in [0.3, 0.4) is 0 Å². The Morgan fingerprint density at radius 2 is 1.94 bits per heavy atom. The zero-order valence-corrected chi connectivity index (χ0v) is 20.6. The maximum Gasteiger partial charge on any atom is 0.327 e. The first-order valence-corrected chi connectivity index (χ1v) is 13.2. The van der Waals surface area contributed by atoms with Crippen molar-refractivity contribution in [1.29, 1.82) is 0 Å². The highest BCUT2D eigenvalue weighted by atomic mass is 32.2. The number of benzene rings is 2. The Morgan fingerprint density at radius 3 is 2.72 bits per heavy atom. The molecule has 3 saturated heterocycles. The summed E-state index contributed by atoms with van der Waals surface area (Å²) in [5.74, 6) is 2.31. The summed E-state index contributed by atoms with van der Waals surface area (Å²) in [6, 6.07) is 15.1. The molecule has 3 amide bonds. The summed E-state index contributed by atoms with van der Waals surface area (Å²) in [5, 5.41) is 12.8. The first-order valence-electron chi connectivity index (χ1n) is 12.3.